The number of hydrogen-bond donors (Lipinski definition) is 1. The Morgan fingerprint density at radius 1 is 0.652 bits per heavy atom. The van der Waals surface area contributed by atoms with E-state index >= 15 is 0 Å². The molecule has 1 N–H and O–H groups in total. The van der Waals surface area contributed by atoms with E-state index in [0.717, 1.165) is 24.0 Å². The minimum absolute atomic E-state index is 0.0455. The molecule has 0 atom stereocenters. The summed E-state index contributed by atoms with van der Waals surface area (Å²) >= 11 is 0. The molecule has 1 heteroatoms. The second-order valence-electron chi connectivity index (χ2n) is 10.9. The molecule has 132 valence electrons. The largest absolute Gasteiger partial charge is 0.507 e. The molecule has 0 saturated carbocycles. The molecule has 1 rings (SSSR count). The van der Waals surface area contributed by atoms with E-state index < -0.39 is 0 Å². The molecule has 0 unspecified atom stereocenters. The average Bonchev–Trinajstić information content (AvgIpc) is 2.21. The van der Waals surface area contributed by atoms with Crippen molar-refractivity contribution in [2.24, 2.45) is 10.8 Å². The van der Waals surface area contributed by atoms with Crippen LogP contribution in [0.25, 0.3) is 0 Å². The molecule has 1 nitrogen and oxygen atoms in total. The zero-order valence-electron chi connectivity index (χ0n) is 17.1. The van der Waals surface area contributed by atoms with Crippen LogP contribution in [0.4, 0.5) is 0 Å². The summed E-state index contributed by atoms with van der Waals surface area (Å²) in [7, 11) is 0. The maximum Gasteiger partial charge on any atom is 0.123 e. The van der Waals surface area contributed by atoms with E-state index in [2.05, 4.69) is 87.4 Å². The molecule has 0 amide bonds. The lowest BCUT2D eigenvalue weighted by Crippen LogP contribution is -2.28. The molecule has 0 aromatic heterocycles. The third-order valence-electron chi connectivity index (χ3n) is 4.44. The highest BCUT2D eigenvalue weighted by Crippen LogP contribution is 2.46. The van der Waals surface area contributed by atoms with Gasteiger partial charge >= 0.3 is 0 Å². The van der Waals surface area contributed by atoms with Gasteiger partial charge in [0.05, 0.1) is 0 Å². The van der Waals surface area contributed by atoms with Gasteiger partial charge in [0.2, 0.25) is 0 Å². The van der Waals surface area contributed by atoms with Crippen LogP contribution in [0.15, 0.2) is 18.2 Å². The molecule has 0 spiro atoms. The topological polar surface area (TPSA) is 20.2 Å². The predicted molar refractivity (Wildman–Crippen MR) is 102 cm³/mol. The molecule has 0 radical (unpaired) electrons. The Kier molecular flexibility index (Phi) is 5.36. The van der Waals surface area contributed by atoms with E-state index in [4.69, 9.17) is 0 Å². The van der Waals surface area contributed by atoms with Gasteiger partial charge < -0.3 is 5.11 Å². The fourth-order valence-corrected chi connectivity index (χ4v) is 4.48. The fraction of sp³-hybridized carbons (Fsp3) is 0.727. The van der Waals surface area contributed by atoms with Gasteiger partial charge in [0, 0.05) is 0 Å². The Morgan fingerprint density at radius 3 is 1.22 bits per heavy atom. The first-order valence-electron chi connectivity index (χ1n) is 8.88. The first-order chi connectivity index (χ1) is 10.1. The Morgan fingerprint density at radius 2 is 0.957 bits per heavy atom. The van der Waals surface area contributed by atoms with Crippen molar-refractivity contribution in [3.63, 3.8) is 0 Å². The molecular formula is C22H38O. The molecule has 1 aromatic rings. The van der Waals surface area contributed by atoms with Crippen LogP contribution in [0.2, 0.25) is 0 Å². The normalized spacial score (nSPS) is 14.2. The minimum atomic E-state index is -0.0455. The molecular weight excluding hydrogens is 280 g/mol. The summed E-state index contributed by atoms with van der Waals surface area (Å²) in [6.45, 7) is 22.6. The van der Waals surface area contributed by atoms with Gasteiger partial charge in [0.15, 0.2) is 0 Å². The maximum absolute atomic E-state index is 11.1. The Balaban J connectivity index is 3.32. The van der Waals surface area contributed by atoms with E-state index in [1.54, 1.807) is 0 Å². The van der Waals surface area contributed by atoms with E-state index in [1.807, 2.05) is 0 Å². The summed E-state index contributed by atoms with van der Waals surface area (Å²) in [5.41, 5.74) is 2.52. The smallest absolute Gasteiger partial charge is 0.123 e. The minimum Gasteiger partial charge on any atom is -0.507 e. The summed E-state index contributed by atoms with van der Waals surface area (Å²) in [6.07, 6.45) is 2.08. The zero-order valence-corrected chi connectivity index (χ0v) is 17.1. The lowest BCUT2D eigenvalue weighted by molar-refractivity contribution is 0.268. The maximum atomic E-state index is 11.1. The van der Waals surface area contributed by atoms with Crippen LogP contribution in [0.1, 0.15) is 93.2 Å². The van der Waals surface area contributed by atoms with Gasteiger partial charge in [0.1, 0.15) is 5.75 Å². The second kappa shape index (κ2) is 6.15. The Hall–Kier alpha value is -0.980. The third kappa shape index (κ3) is 5.55. The molecule has 0 bridgehead atoms. The number of phenolic OH excluding ortho intramolecular Hbond substituents is 1. The van der Waals surface area contributed by atoms with Crippen molar-refractivity contribution in [3.8, 4) is 5.75 Å². The van der Waals surface area contributed by atoms with Crippen molar-refractivity contribution in [1.29, 1.82) is 0 Å². The van der Waals surface area contributed by atoms with Crippen LogP contribution in [-0.2, 0) is 10.8 Å². The average molecular weight is 319 g/mol. The SMILES string of the molecule is CC(C)(C)CC(C)(C)c1cccc(C(C)(C)CC(C)(C)C)c1O. The predicted octanol–water partition coefficient (Wildman–Crippen LogP) is 6.82. The quantitative estimate of drug-likeness (QED) is 0.645. The van der Waals surface area contributed by atoms with Gasteiger partial charge in [-0.25, -0.2) is 0 Å². The van der Waals surface area contributed by atoms with Crippen molar-refractivity contribution in [3.05, 3.63) is 29.3 Å². The third-order valence-corrected chi connectivity index (χ3v) is 4.44. The van der Waals surface area contributed by atoms with E-state index in [0.29, 0.717) is 5.75 Å². The second-order valence-corrected chi connectivity index (χ2v) is 10.9. The first kappa shape index (κ1) is 20.1. The van der Waals surface area contributed by atoms with Crippen molar-refractivity contribution < 1.29 is 5.11 Å². The molecule has 0 aliphatic carbocycles. The van der Waals surface area contributed by atoms with Gasteiger partial charge in [-0.1, -0.05) is 87.4 Å². The summed E-state index contributed by atoms with van der Waals surface area (Å²) in [5, 5.41) is 11.1. The highest BCUT2D eigenvalue weighted by Gasteiger charge is 2.34. The summed E-state index contributed by atoms with van der Waals surface area (Å²) in [4.78, 5) is 0. The lowest BCUT2D eigenvalue weighted by Gasteiger charge is -2.37. The van der Waals surface area contributed by atoms with Gasteiger partial charge in [-0.2, -0.15) is 0 Å². The Labute approximate surface area is 144 Å². The number of rotatable bonds is 4. The summed E-state index contributed by atoms with van der Waals surface area (Å²) in [5.74, 6) is 0.496. The molecule has 0 aliphatic heterocycles. The highest BCUT2D eigenvalue weighted by atomic mass is 16.3. The van der Waals surface area contributed by atoms with Crippen LogP contribution in [-0.4, -0.2) is 5.11 Å². The molecule has 0 aliphatic rings. The summed E-state index contributed by atoms with van der Waals surface area (Å²) < 4.78 is 0. The van der Waals surface area contributed by atoms with Gasteiger partial charge in [-0.05, 0) is 45.6 Å². The van der Waals surface area contributed by atoms with Crippen molar-refractivity contribution in [2.75, 3.05) is 0 Å². The van der Waals surface area contributed by atoms with Crippen LogP contribution in [0.3, 0.4) is 0 Å². The Bertz CT molecular complexity index is 490. The van der Waals surface area contributed by atoms with Crippen LogP contribution in [0, 0.1) is 10.8 Å². The molecule has 0 heterocycles. The van der Waals surface area contributed by atoms with Crippen LogP contribution >= 0.6 is 0 Å². The monoisotopic (exact) mass is 318 g/mol. The van der Waals surface area contributed by atoms with Gasteiger partial charge in [0.25, 0.3) is 0 Å². The lowest BCUT2D eigenvalue weighted by atomic mass is 9.68. The molecule has 23 heavy (non-hydrogen) atoms. The van der Waals surface area contributed by atoms with Crippen LogP contribution in [0.5, 0.6) is 5.75 Å². The van der Waals surface area contributed by atoms with Gasteiger partial charge in [-0.15, -0.1) is 0 Å². The van der Waals surface area contributed by atoms with Crippen molar-refractivity contribution in [2.45, 2.75) is 92.9 Å². The number of benzene rings is 1. The number of aromatic hydroxyl groups is 1. The zero-order chi connectivity index (χ0) is 18.3. The number of para-hydroxylation sites is 1. The summed E-state index contributed by atoms with van der Waals surface area (Å²) in [6, 6.07) is 6.30. The van der Waals surface area contributed by atoms with E-state index in [1.165, 1.54) is 0 Å². The standard InChI is InChI=1S/C22H38O/c1-19(2,3)14-21(7,8)16-12-11-13-17(18(16)23)22(9,10)15-20(4,5)6/h11-13,23H,14-15H2,1-10H3. The molecule has 0 fully saturated rings. The van der Waals surface area contributed by atoms with E-state index in [-0.39, 0.29) is 21.7 Å². The van der Waals surface area contributed by atoms with Crippen LogP contribution < -0.4 is 0 Å². The number of hydrogen-bond acceptors (Lipinski definition) is 1. The molecule has 1 aromatic carbocycles. The highest BCUT2D eigenvalue weighted by molar-refractivity contribution is 5.47. The van der Waals surface area contributed by atoms with Crippen molar-refractivity contribution in [1.82, 2.24) is 0 Å². The molecule has 0 saturated heterocycles. The van der Waals surface area contributed by atoms with Crippen molar-refractivity contribution >= 4 is 0 Å². The fourth-order valence-electron chi connectivity index (χ4n) is 4.48. The first-order valence-corrected chi connectivity index (χ1v) is 8.88. The van der Waals surface area contributed by atoms with Gasteiger partial charge in [-0.3, -0.25) is 0 Å². The number of phenols is 1. The van der Waals surface area contributed by atoms with E-state index in [9.17, 15) is 5.11 Å².